The molecule has 4 rings (SSSR count). The predicted octanol–water partition coefficient (Wildman–Crippen LogP) is 4.05. The zero-order chi connectivity index (χ0) is 20.1. The molecule has 1 heterocycles. The molecule has 4 nitrogen and oxygen atoms in total. The second kappa shape index (κ2) is 6.97. The molecule has 2 aromatic rings. The zero-order valence-corrected chi connectivity index (χ0v) is 16.6. The summed E-state index contributed by atoms with van der Waals surface area (Å²) in [5.74, 6) is -2.61. The summed E-state index contributed by atoms with van der Waals surface area (Å²) in [6.45, 7) is 0.222. The fourth-order valence-electron chi connectivity index (χ4n) is 4.79. The highest BCUT2D eigenvalue weighted by Crippen LogP contribution is 2.57. The third kappa shape index (κ3) is 2.67. The summed E-state index contributed by atoms with van der Waals surface area (Å²) in [5.41, 5.74) is 5.71. The average Bonchev–Trinajstić information content (AvgIpc) is 2.69. The second-order valence-corrected chi connectivity index (χ2v) is 10.0. The van der Waals surface area contributed by atoms with Gasteiger partial charge in [-0.2, -0.15) is 0 Å². The van der Waals surface area contributed by atoms with E-state index in [4.69, 9.17) is 22.1 Å². The first kappa shape index (κ1) is 19.6. The summed E-state index contributed by atoms with van der Waals surface area (Å²) in [4.78, 5) is 0.0242. The normalized spacial score (nSPS) is 26.9. The van der Waals surface area contributed by atoms with Crippen LogP contribution in [-0.4, -0.2) is 21.6 Å². The molecule has 2 N–H and O–H groups in total. The molecular formula is C20H20ClF2NO3S. The van der Waals surface area contributed by atoms with Crippen molar-refractivity contribution in [1.82, 2.24) is 0 Å². The first-order chi connectivity index (χ1) is 13.3. The minimum absolute atomic E-state index is 0.0242. The van der Waals surface area contributed by atoms with E-state index in [0.29, 0.717) is 17.9 Å². The molecule has 1 fully saturated rings. The lowest BCUT2D eigenvalue weighted by Crippen LogP contribution is -2.55. The van der Waals surface area contributed by atoms with Gasteiger partial charge in [0.1, 0.15) is 10.6 Å². The molecule has 0 amide bonds. The molecule has 0 radical (unpaired) electrons. The van der Waals surface area contributed by atoms with Crippen LogP contribution in [0.1, 0.15) is 24.8 Å². The van der Waals surface area contributed by atoms with Crippen molar-refractivity contribution in [2.75, 3.05) is 13.2 Å². The van der Waals surface area contributed by atoms with E-state index in [9.17, 15) is 12.8 Å². The van der Waals surface area contributed by atoms with Crippen LogP contribution >= 0.6 is 11.6 Å². The molecule has 0 saturated heterocycles. The molecule has 0 spiro atoms. The third-order valence-corrected chi connectivity index (χ3v) is 8.90. The van der Waals surface area contributed by atoms with E-state index in [1.165, 1.54) is 24.3 Å². The standard InChI is InChI=1S/C20H20ClF2NO3S/c21-13-3-5-14(6-4-13)28(25,26)20-9-1-2-12(10-24)15(20)11-27-19-17(23)8-7-16(22)18(19)20/h3-8,12,15H,1-2,9-11,24H2/t12-,15-,20-/m1/s1. The molecule has 2 aromatic carbocycles. The summed E-state index contributed by atoms with van der Waals surface area (Å²) in [5, 5.41) is 0.390. The van der Waals surface area contributed by atoms with Crippen molar-refractivity contribution in [3.8, 4) is 5.75 Å². The van der Waals surface area contributed by atoms with Gasteiger partial charge in [0.15, 0.2) is 21.4 Å². The predicted molar refractivity (Wildman–Crippen MR) is 102 cm³/mol. The maximum atomic E-state index is 15.0. The summed E-state index contributed by atoms with van der Waals surface area (Å²) >= 11 is 5.91. The quantitative estimate of drug-likeness (QED) is 0.802. The maximum Gasteiger partial charge on any atom is 0.188 e. The van der Waals surface area contributed by atoms with Crippen LogP contribution in [0, 0.1) is 23.5 Å². The van der Waals surface area contributed by atoms with Crippen LogP contribution in [0.25, 0.3) is 0 Å². The summed E-state index contributed by atoms with van der Waals surface area (Å²) < 4.78 is 61.3. The van der Waals surface area contributed by atoms with Gasteiger partial charge >= 0.3 is 0 Å². The van der Waals surface area contributed by atoms with Crippen molar-refractivity contribution < 1.29 is 21.9 Å². The molecule has 3 atom stereocenters. The largest absolute Gasteiger partial charge is 0.490 e. The van der Waals surface area contributed by atoms with Crippen molar-refractivity contribution in [2.24, 2.45) is 17.6 Å². The maximum absolute atomic E-state index is 15.0. The van der Waals surface area contributed by atoms with E-state index in [-0.39, 0.29) is 41.7 Å². The van der Waals surface area contributed by atoms with Crippen LogP contribution in [0.2, 0.25) is 5.02 Å². The van der Waals surface area contributed by atoms with Gasteiger partial charge in [-0.25, -0.2) is 17.2 Å². The number of nitrogens with two attached hydrogens (primary N) is 1. The molecule has 1 aliphatic heterocycles. The molecule has 0 aromatic heterocycles. The first-order valence-corrected chi connectivity index (χ1v) is 11.0. The Bertz CT molecular complexity index is 1010. The van der Waals surface area contributed by atoms with Gasteiger partial charge in [-0.05, 0) is 61.7 Å². The molecule has 0 unspecified atom stereocenters. The van der Waals surface area contributed by atoms with Gasteiger partial charge in [0, 0.05) is 10.9 Å². The number of ether oxygens (including phenoxy) is 1. The van der Waals surface area contributed by atoms with Gasteiger partial charge in [-0.1, -0.05) is 18.0 Å². The number of halogens is 3. The Labute approximate surface area is 167 Å². The van der Waals surface area contributed by atoms with E-state index in [2.05, 4.69) is 0 Å². The lowest BCUT2D eigenvalue weighted by atomic mass is 9.67. The highest BCUT2D eigenvalue weighted by Gasteiger charge is 2.60. The Balaban J connectivity index is 2.04. The minimum Gasteiger partial charge on any atom is -0.490 e. The molecule has 2 aliphatic rings. The summed E-state index contributed by atoms with van der Waals surface area (Å²) in [7, 11) is -4.10. The fraction of sp³-hybridized carbons (Fsp3) is 0.400. The van der Waals surface area contributed by atoms with Crippen molar-refractivity contribution in [1.29, 1.82) is 0 Å². The zero-order valence-electron chi connectivity index (χ0n) is 15.0. The number of sulfone groups is 1. The summed E-state index contributed by atoms with van der Waals surface area (Å²) in [6.07, 6.45) is 1.44. The van der Waals surface area contributed by atoms with Crippen LogP contribution in [0.5, 0.6) is 5.75 Å². The smallest absolute Gasteiger partial charge is 0.188 e. The Morgan fingerprint density at radius 2 is 1.82 bits per heavy atom. The SMILES string of the molecule is NC[C@H]1CCC[C@]2(S(=O)(=O)c3ccc(Cl)cc3)c3c(F)ccc(F)c3OC[C@H]12. The van der Waals surface area contributed by atoms with E-state index in [0.717, 1.165) is 12.1 Å². The van der Waals surface area contributed by atoms with Crippen molar-refractivity contribution >= 4 is 21.4 Å². The second-order valence-electron chi connectivity index (χ2n) is 7.39. The van der Waals surface area contributed by atoms with Gasteiger partial charge in [-0.15, -0.1) is 0 Å². The first-order valence-electron chi connectivity index (χ1n) is 9.14. The van der Waals surface area contributed by atoms with Gasteiger partial charge in [-0.3, -0.25) is 0 Å². The monoisotopic (exact) mass is 427 g/mol. The van der Waals surface area contributed by atoms with Crippen LogP contribution in [0.3, 0.4) is 0 Å². The third-order valence-electron chi connectivity index (χ3n) is 6.09. The Hall–Kier alpha value is -1.70. The van der Waals surface area contributed by atoms with E-state index in [1.54, 1.807) is 0 Å². The highest BCUT2D eigenvalue weighted by molar-refractivity contribution is 7.92. The lowest BCUT2D eigenvalue weighted by molar-refractivity contribution is 0.0787. The Kier molecular flexibility index (Phi) is 4.88. The number of hydrogen-bond donors (Lipinski definition) is 1. The highest BCUT2D eigenvalue weighted by atomic mass is 35.5. The van der Waals surface area contributed by atoms with Crippen LogP contribution in [-0.2, 0) is 14.6 Å². The average molecular weight is 428 g/mol. The Morgan fingerprint density at radius 1 is 1.14 bits per heavy atom. The minimum atomic E-state index is -4.10. The number of benzene rings is 2. The van der Waals surface area contributed by atoms with Crippen molar-refractivity contribution in [3.63, 3.8) is 0 Å². The molecule has 28 heavy (non-hydrogen) atoms. The van der Waals surface area contributed by atoms with E-state index < -0.39 is 32.1 Å². The van der Waals surface area contributed by atoms with Crippen LogP contribution in [0.15, 0.2) is 41.3 Å². The molecule has 1 saturated carbocycles. The van der Waals surface area contributed by atoms with E-state index >= 15 is 4.39 Å². The van der Waals surface area contributed by atoms with Crippen LogP contribution in [0.4, 0.5) is 8.78 Å². The topological polar surface area (TPSA) is 69.4 Å². The molecule has 1 aliphatic carbocycles. The van der Waals surface area contributed by atoms with Gasteiger partial charge in [0.05, 0.1) is 17.1 Å². The van der Waals surface area contributed by atoms with Crippen molar-refractivity contribution in [2.45, 2.75) is 28.9 Å². The lowest BCUT2D eigenvalue weighted by Gasteiger charge is -2.50. The number of fused-ring (bicyclic) bond motifs is 3. The molecular weight excluding hydrogens is 408 g/mol. The molecule has 150 valence electrons. The number of rotatable bonds is 3. The van der Waals surface area contributed by atoms with Gasteiger partial charge < -0.3 is 10.5 Å². The van der Waals surface area contributed by atoms with Crippen molar-refractivity contribution in [3.05, 3.63) is 58.6 Å². The Morgan fingerprint density at radius 3 is 2.50 bits per heavy atom. The summed E-state index contributed by atoms with van der Waals surface area (Å²) in [6, 6.07) is 7.69. The van der Waals surface area contributed by atoms with Gasteiger partial charge in [0.2, 0.25) is 0 Å². The number of hydrogen-bond acceptors (Lipinski definition) is 4. The molecule has 8 heteroatoms. The van der Waals surface area contributed by atoms with Gasteiger partial charge in [0.25, 0.3) is 0 Å². The molecule has 0 bridgehead atoms. The fourth-order valence-corrected chi connectivity index (χ4v) is 7.36. The van der Waals surface area contributed by atoms with Crippen LogP contribution < -0.4 is 10.5 Å². The van der Waals surface area contributed by atoms with E-state index in [1.807, 2.05) is 0 Å².